The van der Waals surface area contributed by atoms with Crippen LogP contribution < -0.4 is 11.1 Å². The first-order valence-electron chi connectivity index (χ1n) is 6.58. The highest BCUT2D eigenvalue weighted by atomic mass is 16.5. The number of carbonyl (C=O) groups excluding carboxylic acids is 1. The summed E-state index contributed by atoms with van der Waals surface area (Å²) in [5, 5.41) is 2.84. The van der Waals surface area contributed by atoms with Crippen molar-refractivity contribution >= 4 is 5.91 Å². The molecule has 1 rings (SSSR count). The van der Waals surface area contributed by atoms with Crippen LogP contribution in [0.5, 0.6) is 0 Å². The lowest BCUT2D eigenvalue weighted by Crippen LogP contribution is -2.40. The zero-order valence-electron chi connectivity index (χ0n) is 12.1. The molecule has 0 heterocycles. The van der Waals surface area contributed by atoms with Crippen molar-refractivity contribution in [3.8, 4) is 0 Å². The second-order valence-corrected chi connectivity index (χ2v) is 5.15. The van der Waals surface area contributed by atoms with Crippen molar-refractivity contribution in [2.75, 3.05) is 13.7 Å². The molecule has 0 bridgehead atoms. The van der Waals surface area contributed by atoms with E-state index in [4.69, 9.17) is 10.5 Å². The summed E-state index contributed by atoms with van der Waals surface area (Å²) in [5.41, 5.74) is 7.91. The van der Waals surface area contributed by atoms with Crippen LogP contribution >= 0.6 is 0 Å². The Morgan fingerprint density at radius 3 is 2.37 bits per heavy atom. The van der Waals surface area contributed by atoms with Gasteiger partial charge in [0, 0.05) is 13.7 Å². The Morgan fingerprint density at radius 2 is 1.89 bits per heavy atom. The summed E-state index contributed by atoms with van der Waals surface area (Å²) < 4.78 is 5.31. The van der Waals surface area contributed by atoms with Gasteiger partial charge in [0.25, 0.3) is 0 Å². The van der Waals surface area contributed by atoms with Gasteiger partial charge in [-0.1, -0.05) is 43.7 Å². The first kappa shape index (κ1) is 15.7. The van der Waals surface area contributed by atoms with Crippen LogP contribution in [0.4, 0.5) is 0 Å². The molecule has 2 unspecified atom stereocenters. The summed E-state index contributed by atoms with van der Waals surface area (Å²) in [7, 11) is 1.65. The molecule has 0 aliphatic rings. The van der Waals surface area contributed by atoms with Crippen molar-refractivity contribution in [1.82, 2.24) is 5.32 Å². The highest BCUT2D eigenvalue weighted by Crippen LogP contribution is 2.12. The number of methoxy groups -OCH3 is 1. The largest absolute Gasteiger partial charge is 0.379 e. The zero-order chi connectivity index (χ0) is 14.4. The van der Waals surface area contributed by atoms with Gasteiger partial charge in [0.2, 0.25) is 5.91 Å². The van der Waals surface area contributed by atoms with Crippen molar-refractivity contribution in [3.63, 3.8) is 0 Å². The van der Waals surface area contributed by atoms with E-state index in [1.54, 1.807) is 7.11 Å². The first-order valence-corrected chi connectivity index (χ1v) is 6.58. The Kier molecular flexibility index (Phi) is 5.99. The minimum atomic E-state index is -0.634. The fourth-order valence-corrected chi connectivity index (χ4v) is 1.83. The Morgan fingerprint density at radius 1 is 1.32 bits per heavy atom. The molecule has 1 aromatic carbocycles. The summed E-state index contributed by atoms with van der Waals surface area (Å²) in [6.07, 6.45) is 0.00849. The summed E-state index contributed by atoms with van der Waals surface area (Å²) in [6, 6.07) is 7.04. The number of hydrogen-bond donors (Lipinski definition) is 2. The maximum Gasteiger partial charge on any atom is 0.241 e. The van der Waals surface area contributed by atoms with E-state index in [9.17, 15) is 4.79 Å². The third-order valence-electron chi connectivity index (χ3n) is 3.24. The van der Waals surface area contributed by atoms with Crippen LogP contribution in [0.2, 0.25) is 0 Å². The lowest BCUT2D eigenvalue weighted by Gasteiger charge is -2.21. The van der Waals surface area contributed by atoms with Crippen LogP contribution in [-0.4, -0.2) is 25.7 Å². The third-order valence-corrected chi connectivity index (χ3v) is 3.24. The second kappa shape index (κ2) is 7.26. The third kappa shape index (κ3) is 4.65. The second-order valence-electron chi connectivity index (χ2n) is 5.15. The van der Waals surface area contributed by atoms with E-state index in [0.717, 1.165) is 11.1 Å². The lowest BCUT2D eigenvalue weighted by atomic mass is 10.0. The van der Waals surface area contributed by atoms with Gasteiger partial charge in [0.1, 0.15) is 6.04 Å². The molecule has 0 aliphatic heterocycles. The van der Waals surface area contributed by atoms with Gasteiger partial charge in [-0.15, -0.1) is 0 Å². The highest BCUT2D eigenvalue weighted by Gasteiger charge is 2.18. The predicted molar refractivity (Wildman–Crippen MR) is 76.8 cm³/mol. The number of carbonyl (C=O) groups is 1. The molecule has 2 atom stereocenters. The van der Waals surface area contributed by atoms with Gasteiger partial charge in [-0.05, 0) is 18.4 Å². The lowest BCUT2D eigenvalue weighted by molar-refractivity contribution is -0.123. The normalized spacial score (nSPS) is 14.2. The predicted octanol–water partition coefficient (Wildman–Crippen LogP) is 1.78. The van der Waals surface area contributed by atoms with E-state index < -0.39 is 6.04 Å². The van der Waals surface area contributed by atoms with Gasteiger partial charge in [0.05, 0.1) is 6.10 Å². The minimum Gasteiger partial charge on any atom is -0.379 e. The van der Waals surface area contributed by atoms with Crippen LogP contribution in [0.1, 0.15) is 31.0 Å². The smallest absolute Gasteiger partial charge is 0.241 e. The van der Waals surface area contributed by atoms with Crippen LogP contribution in [0.25, 0.3) is 0 Å². The molecule has 3 N–H and O–H groups in total. The van der Waals surface area contributed by atoms with Crippen molar-refractivity contribution in [2.45, 2.75) is 32.9 Å². The van der Waals surface area contributed by atoms with E-state index in [1.807, 2.05) is 31.2 Å². The summed E-state index contributed by atoms with van der Waals surface area (Å²) in [5.74, 6) is 0.174. The van der Waals surface area contributed by atoms with E-state index in [0.29, 0.717) is 12.5 Å². The van der Waals surface area contributed by atoms with E-state index >= 15 is 0 Å². The molecule has 0 saturated heterocycles. The Hall–Kier alpha value is -1.39. The molecule has 0 saturated carbocycles. The number of amides is 1. The molecule has 1 amide bonds. The minimum absolute atomic E-state index is 0.00849. The number of aryl methyl sites for hydroxylation is 1. The summed E-state index contributed by atoms with van der Waals surface area (Å²) >= 11 is 0. The van der Waals surface area contributed by atoms with Crippen molar-refractivity contribution in [1.29, 1.82) is 0 Å². The molecular weight excluding hydrogens is 240 g/mol. The molecule has 4 nitrogen and oxygen atoms in total. The summed E-state index contributed by atoms with van der Waals surface area (Å²) in [4.78, 5) is 12.0. The SMILES string of the molecule is COC(CNC(=O)C(N)c1ccc(C)cc1)C(C)C. The van der Waals surface area contributed by atoms with E-state index in [2.05, 4.69) is 19.2 Å². The number of nitrogens with two attached hydrogens (primary N) is 1. The monoisotopic (exact) mass is 264 g/mol. The maximum atomic E-state index is 12.0. The van der Waals surface area contributed by atoms with Crippen molar-refractivity contribution < 1.29 is 9.53 Å². The Balaban J connectivity index is 2.55. The molecule has 0 aromatic heterocycles. The topological polar surface area (TPSA) is 64.3 Å². The van der Waals surface area contributed by atoms with Gasteiger partial charge >= 0.3 is 0 Å². The van der Waals surface area contributed by atoms with Crippen molar-refractivity contribution in [3.05, 3.63) is 35.4 Å². The Labute approximate surface area is 115 Å². The molecule has 0 fully saturated rings. The molecule has 1 aromatic rings. The number of hydrogen-bond acceptors (Lipinski definition) is 3. The molecule has 19 heavy (non-hydrogen) atoms. The Bertz CT molecular complexity index is 401. The molecule has 0 aliphatic carbocycles. The molecule has 0 radical (unpaired) electrons. The average Bonchev–Trinajstić information content (AvgIpc) is 2.38. The first-order chi connectivity index (χ1) is 8.95. The molecule has 0 spiro atoms. The van der Waals surface area contributed by atoms with Gasteiger partial charge in [-0.3, -0.25) is 4.79 Å². The van der Waals surface area contributed by atoms with Gasteiger partial charge in [-0.25, -0.2) is 0 Å². The number of ether oxygens (including phenoxy) is 1. The van der Waals surface area contributed by atoms with Crippen molar-refractivity contribution in [2.24, 2.45) is 11.7 Å². The van der Waals surface area contributed by atoms with E-state index in [1.165, 1.54) is 0 Å². The fraction of sp³-hybridized carbons (Fsp3) is 0.533. The summed E-state index contributed by atoms with van der Waals surface area (Å²) in [6.45, 7) is 6.59. The zero-order valence-corrected chi connectivity index (χ0v) is 12.1. The molecule has 106 valence electrons. The van der Waals surface area contributed by atoms with Gasteiger partial charge in [-0.2, -0.15) is 0 Å². The van der Waals surface area contributed by atoms with Crippen LogP contribution in [0.3, 0.4) is 0 Å². The quantitative estimate of drug-likeness (QED) is 0.823. The average molecular weight is 264 g/mol. The van der Waals surface area contributed by atoms with Crippen LogP contribution in [-0.2, 0) is 9.53 Å². The van der Waals surface area contributed by atoms with Crippen LogP contribution in [0, 0.1) is 12.8 Å². The highest BCUT2D eigenvalue weighted by molar-refractivity contribution is 5.82. The fourth-order valence-electron chi connectivity index (χ4n) is 1.83. The van der Waals surface area contributed by atoms with Gasteiger partial charge in [0.15, 0.2) is 0 Å². The number of nitrogens with one attached hydrogen (secondary N) is 1. The van der Waals surface area contributed by atoms with E-state index in [-0.39, 0.29) is 12.0 Å². The van der Waals surface area contributed by atoms with Crippen LogP contribution in [0.15, 0.2) is 24.3 Å². The number of benzene rings is 1. The number of rotatable bonds is 6. The molecular formula is C15H24N2O2. The maximum absolute atomic E-state index is 12.0. The van der Waals surface area contributed by atoms with Gasteiger partial charge < -0.3 is 15.8 Å². The molecule has 4 heteroatoms. The standard InChI is InChI=1S/C15H24N2O2/c1-10(2)13(19-4)9-17-15(18)14(16)12-7-5-11(3)6-8-12/h5-8,10,13-14H,9,16H2,1-4H3,(H,17,18).